The second-order valence-electron chi connectivity index (χ2n) is 23.6. The number of ether oxygens (including phenoxy) is 8. The molecule has 0 bridgehead atoms. The Labute approximate surface area is 616 Å². The van der Waals surface area contributed by atoms with E-state index in [2.05, 4.69) is 169 Å². The van der Waals surface area contributed by atoms with Gasteiger partial charge in [-0.05, 0) is 147 Å². The fourth-order valence-corrected chi connectivity index (χ4v) is 14.7. The largest absolute Gasteiger partial charge is 2.00 e. The molecule has 1 aromatic rings. The summed E-state index contributed by atoms with van der Waals surface area (Å²) in [6.07, 6.45) is 8.03. The van der Waals surface area contributed by atoms with Crippen molar-refractivity contribution in [2.45, 2.75) is 191 Å². The number of fused-ring (bicyclic) bond motifs is 5. The number of thiocarbonyl (C=S) groups is 4. The number of nitrogens with one attached hydrogen (secondary N) is 4. The van der Waals surface area contributed by atoms with Crippen molar-refractivity contribution in [2.75, 3.05) is 67.4 Å². The molecule has 1 aromatic heterocycles. The van der Waals surface area contributed by atoms with E-state index in [0.717, 1.165) is 82.0 Å². The average Bonchev–Trinajstić information content (AvgIpc) is 1.62. The maximum Gasteiger partial charge on any atom is 2.00 e. The molecule has 2 unspecified atom stereocenters. The first-order chi connectivity index (χ1) is 42.9. The van der Waals surface area contributed by atoms with Crippen LogP contribution in [0.2, 0.25) is 0 Å². The number of esters is 1. The molecule has 7 rings (SSSR count). The maximum atomic E-state index is 14.7. The van der Waals surface area contributed by atoms with Crippen LogP contribution < -0.4 is 21.3 Å². The van der Waals surface area contributed by atoms with Gasteiger partial charge in [-0.25, -0.2) is 4.21 Å². The van der Waals surface area contributed by atoms with Crippen molar-refractivity contribution in [3.63, 3.8) is 0 Å². The van der Waals surface area contributed by atoms with Gasteiger partial charge >= 0.3 is 48.7 Å². The van der Waals surface area contributed by atoms with Crippen LogP contribution in [-0.2, 0) is 150 Å². The van der Waals surface area contributed by atoms with Crippen LogP contribution in [0.1, 0.15) is 129 Å². The number of nitriles is 1. The zero-order valence-electron chi connectivity index (χ0n) is 54.7. The van der Waals surface area contributed by atoms with Crippen molar-refractivity contribution in [3.05, 3.63) is 41.2 Å². The summed E-state index contributed by atoms with van der Waals surface area (Å²) in [5.41, 5.74) is 0.143. The van der Waals surface area contributed by atoms with Gasteiger partial charge in [-0.3, -0.25) is 14.6 Å². The van der Waals surface area contributed by atoms with Gasteiger partial charge in [0.25, 0.3) is 0 Å². The van der Waals surface area contributed by atoms with E-state index in [0.29, 0.717) is 73.5 Å². The minimum atomic E-state index is -4.51. The van der Waals surface area contributed by atoms with Crippen LogP contribution in [0.5, 0.6) is 0 Å². The summed E-state index contributed by atoms with van der Waals surface area (Å²) in [4.78, 5) is 33.7. The Balaban J connectivity index is 0.000000597. The van der Waals surface area contributed by atoms with E-state index < -0.39 is 39.2 Å². The van der Waals surface area contributed by atoms with E-state index in [-0.39, 0.29) is 127 Å². The van der Waals surface area contributed by atoms with E-state index in [9.17, 15) is 27.0 Å². The van der Waals surface area contributed by atoms with Crippen LogP contribution in [0.25, 0.3) is 0 Å². The number of carbonyl (C=O) groups excluding carboxylic acids is 2. The molecule has 1 radical (unpaired) electrons. The second-order valence-corrected chi connectivity index (χ2v) is 30.5. The first kappa shape index (κ1) is 87.6. The number of rotatable bonds is 18. The topological polar surface area (TPSA) is 225 Å². The van der Waals surface area contributed by atoms with Crippen molar-refractivity contribution < 1.29 is 101 Å². The van der Waals surface area contributed by atoms with Crippen molar-refractivity contribution in [1.82, 2.24) is 31.2 Å². The zero-order valence-corrected chi connectivity index (χ0v) is 66.2. The molecule has 0 amide bonds. The van der Waals surface area contributed by atoms with Crippen LogP contribution in [0.3, 0.4) is 0 Å². The Morgan fingerprint density at radius 1 is 0.839 bits per heavy atom. The number of likely N-dealkylation sites (N-methyl/N-ethyl adjacent to an activating group) is 1. The van der Waals surface area contributed by atoms with Gasteiger partial charge in [0, 0.05) is 77.3 Å². The van der Waals surface area contributed by atoms with Crippen LogP contribution in [-0.4, -0.2) is 178 Å². The monoisotopic (exact) mass is 1560 g/mol. The summed E-state index contributed by atoms with van der Waals surface area (Å²) in [5.74, 6) is 0.733. The maximum absolute atomic E-state index is 14.7. The molecule has 521 valence electrons. The minimum Gasteiger partial charge on any atom is -0.462 e. The van der Waals surface area contributed by atoms with Gasteiger partial charge in [0.2, 0.25) is 6.19 Å². The van der Waals surface area contributed by atoms with Gasteiger partial charge in [-0.1, -0.05) is 43.3 Å². The number of aromatic nitrogens is 1. The van der Waals surface area contributed by atoms with Crippen molar-refractivity contribution in [2.24, 2.45) is 39.9 Å². The molecule has 93 heavy (non-hydrogen) atoms. The van der Waals surface area contributed by atoms with Crippen LogP contribution in [0.4, 0.5) is 13.2 Å². The molecule has 2 saturated carbocycles. The van der Waals surface area contributed by atoms with Crippen molar-refractivity contribution >= 4 is 138 Å². The Hall–Kier alpha value is -1.48. The number of hydrogen-bond acceptors (Lipinski definition) is 23. The quantitative estimate of drug-likeness (QED) is 0.0270. The van der Waals surface area contributed by atoms with Gasteiger partial charge in [0.1, 0.15) is 30.1 Å². The molecule has 0 aromatic carbocycles. The number of allylic oxidation sites excluding steroid dienone is 2. The molecule has 3 aliphatic carbocycles. The first-order valence-corrected chi connectivity index (χ1v) is 36.0. The minimum absolute atomic E-state index is 0. The number of carbonyl (C=O) groups is 2. The van der Waals surface area contributed by atoms with E-state index in [1.54, 1.807) is 14.2 Å². The summed E-state index contributed by atoms with van der Waals surface area (Å²) in [6, 6.07) is 2.35. The van der Waals surface area contributed by atoms with E-state index in [4.69, 9.17) is 43.2 Å². The number of ketones is 1. The predicted octanol–water partition coefficient (Wildman–Crippen LogP) is 8.50. The van der Waals surface area contributed by atoms with Gasteiger partial charge in [-0.15, -0.1) is 4.36 Å². The van der Waals surface area contributed by atoms with Crippen LogP contribution in [0.15, 0.2) is 34.3 Å². The third kappa shape index (κ3) is 27.9. The Morgan fingerprint density at radius 3 is 1.91 bits per heavy atom. The Kier molecular flexibility index (Phi) is 40.7. The molecule has 6 aliphatic rings. The molecular weight excluding hydrogens is 1470 g/mol. The third-order valence-electron chi connectivity index (χ3n) is 17.6. The molecule has 5 fully saturated rings. The number of pyridine rings is 1. The number of methoxy groups -OCH3 is 2. The predicted molar refractivity (Wildman–Crippen MR) is 371 cm³/mol. The standard InChI is InChI=1S/C42H69NO10.C10H10F3N3OS.2C4H8N2S4.Mn.Zn/c1-10-27-13-12-14-35(53-37-18-17-34(43(6)7)24(4)49-37)23(3)38(45)33-21-31-29(32(33)22-36(44)51-27)16-15-26-19-28(20-30(26)31)52-42-41(47-9)40(48-11-2)39(46-8)25(5)50-42;1-7(18(2,17)16-6-14)8-3-4-9(15-5-8)10(11,12)13;2*7-3(8)5-1-2-6-4(9)10;;/h21,23-32,34-35,37,39-42H,10-20,22H2,1-9H3;3-5,7H,1-2H3;2*1-2H2,(H2,5,7,8)(H2,6,9,10);;/q;;;;2*+2/p-4/t23-,24-,25+,26-,27+,28-,29-,30-,31-,32+,34+,35+,37+,39+,40-,41-,42+;;;;;/m1...../s1. The molecule has 3 aliphatic heterocycles. The number of cyclic esters (lactones) is 1. The molecular formula is C60H91F3MnN8O11S9Zn. The van der Waals surface area contributed by atoms with E-state index in [1.165, 1.54) is 25.4 Å². The summed E-state index contributed by atoms with van der Waals surface area (Å²) in [5, 5.41) is 18.8. The van der Waals surface area contributed by atoms with E-state index in [1.807, 2.05) is 20.8 Å². The average molecular weight is 1570 g/mol. The summed E-state index contributed by atoms with van der Waals surface area (Å²) >= 11 is 36.7. The molecule has 19 nitrogen and oxygen atoms in total. The smallest absolute Gasteiger partial charge is 0.462 e. The molecule has 4 N–H and O–H groups in total. The summed E-state index contributed by atoms with van der Waals surface area (Å²) in [7, 11) is 4.73. The number of hydrogen-bond donors (Lipinski definition) is 4. The first-order valence-electron chi connectivity index (χ1n) is 30.7. The van der Waals surface area contributed by atoms with Crippen LogP contribution in [0, 0.1) is 47.0 Å². The number of halogens is 3. The van der Waals surface area contributed by atoms with E-state index >= 15 is 0 Å². The normalized spacial score (nSPS) is 30.9. The number of alkyl halides is 3. The fraction of sp³-hybridized carbons (Fsp3) is 0.767. The molecule has 19 atom stereocenters. The SMILES string of the molecule is CC(c1ccc(C(F)(F)F)nc1)S(C)(=O)=NC#N.CCO[C@@H]1[C@@H](OC)[C@H](C)O[C@@H](O[C@@H]2C[C@H]3CC[C@@H]4[C@@H](C=C5C(=O)[C@H](C)[C@@H](O[C@H]6CC[C@H](N(C)C)[C@@H](C)O6)CCC[C@H](CC)OC(=O)C[C@H]54)[C@@H]3C2)[C@@H]1OC.S=C([S-])NCCNC(=S)[S-].S=C([S-])NCCNC(=S)[S-].[Mn+2].[Zn+2]. The summed E-state index contributed by atoms with van der Waals surface area (Å²) in [6.45, 7) is 14.9. The Bertz CT molecular complexity index is 2680. The number of nitrogens with zero attached hydrogens (tertiary/aromatic N) is 4. The Morgan fingerprint density at radius 2 is 1.43 bits per heavy atom. The summed E-state index contributed by atoms with van der Waals surface area (Å²) < 4.78 is 104. The molecule has 33 heteroatoms. The van der Waals surface area contributed by atoms with Gasteiger partial charge < -0.3 is 163 Å². The second kappa shape index (κ2) is 43.2. The van der Waals surface area contributed by atoms with Crippen LogP contribution >= 0.6 is 48.9 Å². The van der Waals surface area contributed by atoms with Crippen molar-refractivity contribution in [1.29, 1.82) is 5.26 Å². The van der Waals surface area contributed by atoms with Crippen molar-refractivity contribution in [3.8, 4) is 6.19 Å². The molecule has 4 heterocycles. The number of Topliss-reactive ketones (excluding diaryl/α,β-unsaturated/α-hetero) is 1. The van der Waals surface area contributed by atoms with Gasteiger partial charge in [0.15, 0.2) is 18.4 Å². The zero-order chi connectivity index (χ0) is 67.9. The third-order valence-corrected chi connectivity index (χ3v) is 20.8. The molecule has 0 spiro atoms. The van der Waals surface area contributed by atoms with Gasteiger partial charge in [-0.2, -0.15) is 18.4 Å². The van der Waals surface area contributed by atoms with Gasteiger partial charge in [0.05, 0.1) is 45.8 Å². The fourth-order valence-electron chi connectivity index (χ4n) is 12.9. The molecule has 3 saturated heterocycles.